The zero-order chi connectivity index (χ0) is 19.2. The van der Waals surface area contributed by atoms with E-state index >= 15 is 0 Å². The van der Waals surface area contributed by atoms with E-state index in [1.54, 1.807) is 0 Å². The summed E-state index contributed by atoms with van der Waals surface area (Å²) in [6, 6.07) is 3.41. The Bertz CT molecular complexity index is 1190. The van der Waals surface area contributed by atoms with Crippen molar-refractivity contribution < 1.29 is 9.18 Å². The number of anilines is 1. The second kappa shape index (κ2) is 6.54. The van der Waals surface area contributed by atoms with Crippen LogP contribution < -0.4 is 16.6 Å². The second-order valence-corrected chi connectivity index (χ2v) is 6.32. The number of halogens is 3. The van der Waals surface area contributed by atoms with Crippen LogP contribution in [0.4, 0.5) is 10.1 Å². The van der Waals surface area contributed by atoms with Crippen molar-refractivity contribution in [3.05, 3.63) is 66.7 Å². The van der Waals surface area contributed by atoms with Crippen molar-refractivity contribution in [1.82, 2.24) is 14.1 Å². The molecule has 2 aromatic heterocycles. The highest BCUT2D eigenvalue weighted by Gasteiger charge is 2.16. The summed E-state index contributed by atoms with van der Waals surface area (Å²) >= 11 is 11.5. The molecule has 0 atom stereocenters. The average Bonchev–Trinajstić information content (AvgIpc) is 2.61. The van der Waals surface area contributed by atoms with Crippen molar-refractivity contribution in [1.29, 1.82) is 0 Å². The van der Waals surface area contributed by atoms with E-state index in [0.29, 0.717) is 0 Å². The number of rotatable bonds is 2. The predicted octanol–water partition coefficient (Wildman–Crippen LogP) is 2.33. The van der Waals surface area contributed by atoms with Gasteiger partial charge in [-0.3, -0.25) is 18.7 Å². The molecule has 3 aromatic rings. The van der Waals surface area contributed by atoms with Gasteiger partial charge in [0.1, 0.15) is 11.5 Å². The average molecular weight is 397 g/mol. The summed E-state index contributed by atoms with van der Waals surface area (Å²) in [4.78, 5) is 40.5. The molecule has 0 aliphatic heterocycles. The van der Waals surface area contributed by atoms with Crippen molar-refractivity contribution in [2.75, 3.05) is 5.32 Å². The van der Waals surface area contributed by atoms with E-state index in [2.05, 4.69) is 10.3 Å². The molecule has 0 aliphatic rings. The first-order chi connectivity index (χ1) is 12.2. The van der Waals surface area contributed by atoms with Gasteiger partial charge in [0.15, 0.2) is 0 Å². The Morgan fingerprint density at radius 2 is 1.81 bits per heavy atom. The van der Waals surface area contributed by atoms with Crippen LogP contribution in [0.25, 0.3) is 11.0 Å². The first-order valence-electron chi connectivity index (χ1n) is 7.22. The Hall–Kier alpha value is -2.71. The lowest BCUT2D eigenvalue weighted by atomic mass is 10.2. The zero-order valence-electron chi connectivity index (χ0n) is 13.5. The van der Waals surface area contributed by atoms with Crippen molar-refractivity contribution in [2.24, 2.45) is 14.1 Å². The lowest BCUT2D eigenvalue weighted by Crippen LogP contribution is -2.37. The molecule has 0 saturated carbocycles. The minimum Gasteiger partial charge on any atom is -0.321 e. The Labute approximate surface area is 155 Å². The molecular weight excluding hydrogens is 386 g/mol. The monoisotopic (exact) mass is 396 g/mol. The van der Waals surface area contributed by atoms with E-state index in [4.69, 9.17) is 23.2 Å². The van der Waals surface area contributed by atoms with Gasteiger partial charge in [-0.05, 0) is 18.2 Å². The topological polar surface area (TPSA) is 86.0 Å². The number of nitrogens with one attached hydrogen (secondary N) is 1. The Morgan fingerprint density at radius 3 is 2.50 bits per heavy atom. The molecule has 2 heterocycles. The molecule has 1 aromatic carbocycles. The van der Waals surface area contributed by atoms with Gasteiger partial charge in [0.05, 0.1) is 32.9 Å². The number of carbonyl (C=O) groups excluding carboxylic acids is 1. The van der Waals surface area contributed by atoms with Crippen LogP contribution in [0.5, 0.6) is 0 Å². The quantitative estimate of drug-likeness (QED) is 0.673. The minimum atomic E-state index is -0.790. The van der Waals surface area contributed by atoms with Crippen molar-refractivity contribution in [3.63, 3.8) is 0 Å². The molecule has 10 heteroatoms. The number of hydrogen-bond donors (Lipinski definition) is 1. The van der Waals surface area contributed by atoms with E-state index < -0.39 is 23.0 Å². The molecule has 7 nitrogen and oxygen atoms in total. The third-order valence-electron chi connectivity index (χ3n) is 3.81. The van der Waals surface area contributed by atoms with Crippen LogP contribution in [-0.2, 0) is 14.1 Å². The molecule has 1 amide bonds. The normalized spacial score (nSPS) is 11.0. The van der Waals surface area contributed by atoms with Crippen LogP contribution in [0.15, 0.2) is 34.0 Å². The number of amides is 1. The minimum absolute atomic E-state index is 0.0269. The molecule has 134 valence electrons. The van der Waals surface area contributed by atoms with Crippen LogP contribution in [0.3, 0.4) is 0 Å². The number of aryl methyl sites for hydroxylation is 1. The maximum absolute atomic E-state index is 13.6. The van der Waals surface area contributed by atoms with Gasteiger partial charge in [0, 0.05) is 14.1 Å². The van der Waals surface area contributed by atoms with Gasteiger partial charge in [0.25, 0.3) is 11.5 Å². The summed E-state index contributed by atoms with van der Waals surface area (Å²) in [7, 11) is 2.82. The van der Waals surface area contributed by atoms with Crippen LogP contribution in [-0.4, -0.2) is 20.0 Å². The van der Waals surface area contributed by atoms with Crippen LogP contribution in [0.2, 0.25) is 10.0 Å². The van der Waals surface area contributed by atoms with Crippen LogP contribution >= 0.6 is 23.2 Å². The molecule has 0 aliphatic carbocycles. The van der Waals surface area contributed by atoms with Gasteiger partial charge in [-0.1, -0.05) is 23.2 Å². The van der Waals surface area contributed by atoms with E-state index in [0.717, 1.165) is 16.7 Å². The van der Waals surface area contributed by atoms with Crippen molar-refractivity contribution in [3.8, 4) is 0 Å². The molecule has 0 unspecified atom stereocenters. The summed E-state index contributed by atoms with van der Waals surface area (Å²) in [6.45, 7) is 0. The van der Waals surface area contributed by atoms with Gasteiger partial charge in [0.2, 0.25) is 0 Å². The maximum atomic E-state index is 13.6. The fourth-order valence-corrected chi connectivity index (χ4v) is 2.90. The summed E-state index contributed by atoms with van der Waals surface area (Å²) < 4.78 is 15.7. The molecule has 3 rings (SSSR count). The molecule has 0 fully saturated rings. The number of nitrogens with zero attached hydrogens (tertiary/aromatic N) is 3. The SMILES string of the molecule is Cn1c(=O)c2cc(NC(=O)c3cc(F)c(Cl)cc3Cl)cnc2n(C)c1=O. The fraction of sp³-hybridized carbons (Fsp3) is 0.125. The standard InChI is InChI=1S/C16H11Cl2FN4O3/c1-22-13-9(15(25)23(2)16(22)26)3-7(6-20-13)21-14(24)8-4-12(19)11(18)5-10(8)17/h3-6H,1-2H3,(H,21,24). The van der Waals surface area contributed by atoms with Crippen LogP contribution in [0.1, 0.15) is 10.4 Å². The number of fused-ring (bicyclic) bond motifs is 1. The summed E-state index contributed by atoms with van der Waals surface area (Å²) in [5.74, 6) is -1.49. The zero-order valence-corrected chi connectivity index (χ0v) is 15.0. The van der Waals surface area contributed by atoms with Crippen LogP contribution in [0, 0.1) is 5.82 Å². The number of carbonyl (C=O) groups is 1. The summed E-state index contributed by atoms with van der Waals surface area (Å²) in [6.07, 6.45) is 1.28. The lowest BCUT2D eigenvalue weighted by molar-refractivity contribution is 0.102. The Kier molecular flexibility index (Phi) is 4.55. The van der Waals surface area contributed by atoms with E-state index in [9.17, 15) is 18.8 Å². The van der Waals surface area contributed by atoms with Gasteiger partial charge in [-0.25, -0.2) is 14.2 Å². The number of aromatic nitrogens is 3. The highest BCUT2D eigenvalue weighted by Crippen LogP contribution is 2.25. The third kappa shape index (κ3) is 2.97. The second-order valence-electron chi connectivity index (χ2n) is 5.50. The summed E-state index contributed by atoms with van der Waals surface area (Å²) in [5.41, 5.74) is -0.837. The number of benzene rings is 1. The van der Waals surface area contributed by atoms with Crippen molar-refractivity contribution in [2.45, 2.75) is 0 Å². The molecule has 26 heavy (non-hydrogen) atoms. The highest BCUT2D eigenvalue weighted by atomic mass is 35.5. The molecule has 0 bridgehead atoms. The van der Waals surface area contributed by atoms with Gasteiger partial charge < -0.3 is 5.32 Å². The third-order valence-corrected chi connectivity index (χ3v) is 4.41. The molecule has 0 radical (unpaired) electrons. The Morgan fingerprint density at radius 1 is 1.12 bits per heavy atom. The van der Waals surface area contributed by atoms with Gasteiger partial charge >= 0.3 is 5.69 Å². The van der Waals surface area contributed by atoms with Crippen molar-refractivity contribution >= 4 is 45.8 Å². The molecule has 0 saturated heterocycles. The molecular formula is C16H11Cl2FN4O3. The van der Waals surface area contributed by atoms with Gasteiger partial charge in [-0.2, -0.15) is 0 Å². The van der Waals surface area contributed by atoms with E-state index in [1.807, 2.05) is 0 Å². The van der Waals surface area contributed by atoms with E-state index in [1.165, 1.54) is 30.9 Å². The fourth-order valence-electron chi connectivity index (χ4n) is 2.43. The highest BCUT2D eigenvalue weighted by molar-refractivity contribution is 6.37. The largest absolute Gasteiger partial charge is 0.332 e. The predicted molar refractivity (Wildman–Crippen MR) is 96.6 cm³/mol. The smallest absolute Gasteiger partial charge is 0.321 e. The maximum Gasteiger partial charge on any atom is 0.332 e. The Balaban J connectivity index is 2.05. The number of hydrogen-bond acceptors (Lipinski definition) is 4. The molecule has 0 spiro atoms. The van der Waals surface area contributed by atoms with E-state index in [-0.39, 0.29) is 32.3 Å². The lowest BCUT2D eigenvalue weighted by Gasteiger charge is -2.10. The number of pyridine rings is 1. The molecule has 1 N–H and O–H groups in total. The summed E-state index contributed by atoms with van der Waals surface area (Å²) in [5, 5.41) is 2.39. The first-order valence-corrected chi connectivity index (χ1v) is 7.98. The first kappa shape index (κ1) is 18.1. The van der Waals surface area contributed by atoms with Gasteiger partial charge in [-0.15, -0.1) is 0 Å².